The zero-order valence-electron chi connectivity index (χ0n) is 15.8. The molecule has 2 aromatic rings. The number of anilines is 1. The van der Waals surface area contributed by atoms with Gasteiger partial charge in [0.05, 0.1) is 17.2 Å². The first kappa shape index (κ1) is 18.6. The van der Waals surface area contributed by atoms with Gasteiger partial charge in [-0.2, -0.15) is 5.26 Å². The highest BCUT2D eigenvalue weighted by Gasteiger charge is 2.61. The number of rotatable bonds is 4. The van der Waals surface area contributed by atoms with E-state index in [1.165, 1.54) is 12.1 Å². The molecule has 2 aliphatic rings. The molecule has 1 spiro atoms. The third-order valence-corrected chi connectivity index (χ3v) is 5.93. The van der Waals surface area contributed by atoms with Crippen molar-refractivity contribution in [3.05, 3.63) is 65.5 Å². The van der Waals surface area contributed by atoms with Crippen LogP contribution in [0.2, 0.25) is 0 Å². The molecule has 2 heterocycles. The zero-order valence-corrected chi connectivity index (χ0v) is 15.8. The van der Waals surface area contributed by atoms with Gasteiger partial charge in [-0.05, 0) is 42.7 Å². The van der Waals surface area contributed by atoms with Gasteiger partial charge >= 0.3 is 0 Å². The maximum Gasteiger partial charge on any atom is 0.259 e. The monoisotopic (exact) mass is 379 g/mol. The number of halogens is 1. The number of ether oxygens (including phenoxy) is 1. The topological polar surface area (TPSA) is 56.6 Å². The molecule has 5 nitrogen and oxygen atoms in total. The third kappa shape index (κ3) is 2.97. The zero-order chi connectivity index (χ0) is 19.7. The molecule has 2 saturated heterocycles. The molecule has 0 aliphatic carbocycles. The lowest BCUT2D eigenvalue weighted by atomic mass is 9.72. The number of piperidine rings is 1. The van der Waals surface area contributed by atoms with Crippen LogP contribution in [0.15, 0.2) is 48.5 Å². The summed E-state index contributed by atoms with van der Waals surface area (Å²) in [6.45, 7) is 2.25. The van der Waals surface area contributed by atoms with Crippen LogP contribution >= 0.6 is 0 Å². The Morgan fingerprint density at radius 1 is 1.21 bits per heavy atom. The lowest BCUT2D eigenvalue weighted by Gasteiger charge is -2.59. The van der Waals surface area contributed by atoms with Crippen LogP contribution in [-0.4, -0.2) is 42.6 Å². The van der Waals surface area contributed by atoms with Gasteiger partial charge in [0.25, 0.3) is 5.91 Å². The summed E-state index contributed by atoms with van der Waals surface area (Å²) in [4.78, 5) is 16.7. The second-order valence-corrected chi connectivity index (χ2v) is 7.42. The summed E-state index contributed by atoms with van der Waals surface area (Å²) in [6.07, 6.45) is 0.981. The molecule has 1 atom stereocenters. The maximum atomic E-state index is 13.7. The van der Waals surface area contributed by atoms with Gasteiger partial charge in [-0.25, -0.2) is 4.39 Å². The van der Waals surface area contributed by atoms with Crippen molar-refractivity contribution in [1.82, 2.24) is 4.90 Å². The second kappa shape index (κ2) is 7.34. The highest BCUT2D eigenvalue weighted by atomic mass is 19.1. The largest absolute Gasteiger partial charge is 0.369 e. The molecule has 0 aromatic heterocycles. The van der Waals surface area contributed by atoms with E-state index in [2.05, 4.69) is 11.0 Å². The number of hydrogen-bond acceptors (Lipinski definition) is 4. The fourth-order valence-corrected chi connectivity index (χ4v) is 4.53. The van der Waals surface area contributed by atoms with Crippen molar-refractivity contribution in [2.45, 2.75) is 31.0 Å². The summed E-state index contributed by atoms with van der Waals surface area (Å²) in [6, 6.07) is 16.0. The van der Waals surface area contributed by atoms with E-state index in [4.69, 9.17) is 4.74 Å². The predicted molar refractivity (Wildman–Crippen MR) is 103 cm³/mol. The number of carbonyl (C=O) groups excluding carboxylic acids is 1. The third-order valence-electron chi connectivity index (χ3n) is 5.93. The minimum Gasteiger partial charge on any atom is -0.369 e. The molecule has 0 saturated carbocycles. The van der Waals surface area contributed by atoms with Crippen LogP contribution in [0.25, 0.3) is 0 Å². The van der Waals surface area contributed by atoms with Crippen LogP contribution in [0.5, 0.6) is 0 Å². The molecule has 144 valence electrons. The molecule has 6 heteroatoms. The molecule has 1 amide bonds. The van der Waals surface area contributed by atoms with Crippen LogP contribution in [-0.2, 0) is 16.1 Å². The first-order chi connectivity index (χ1) is 13.6. The van der Waals surface area contributed by atoms with E-state index in [1.807, 2.05) is 24.3 Å². The van der Waals surface area contributed by atoms with E-state index in [1.54, 1.807) is 24.1 Å². The summed E-state index contributed by atoms with van der Waals surface area (Å²) in [5.41, 5.74) is 1.85. The van der Waals surface area contributed by atoms with E-state index < -0.39 is 11.6 Å². The smallest absolute Gasteiger partial charge is 0.259 e. The van der Waals surface area contributed by atoms with E-state index in [9.17, 15) is 14.4 Å². The van der Waals surface area contributed by atoms with Crippen LogP contribution in [0.3, 0.4) is 0 Å². The van der Waals surface area contributed by atoms with Gasteiger partial charge in [-0.15, -0.1) is 0 Å². The Morgan fingerprint density at radius 3 is 2.64 bits per heavy atom. The molecule has 0 N–H and O–H groups in total. The Bertz CT molecular complexity index is 931. The number of carbonyl (C=O) groups is 1. The average molecular weight is 379 g/mol. The Balaban J connectivity index is 1.52. The molecule has 4 rings (SSSR count). The van der Waals surface area contributed by atoms with Gasteiger partial charge in [-0.1, -0.05) is 24.3 Å². The van der Waals surface area contributed by atoms with Crippen molar-refractivity contribution < 1.29 is 13.9 Å². The molecule has 1 unspecified atom stereocenters. The number of nitriles is 1. The first-order valence-corrected chi connectivity index (χ1v) is 9.42. The lowest BCUT2D eigenvalue weighted by molar-refractivity contribution is -0.151. The van der Waals surface area contributed by atoms with Crippen LogP contribution < -0.4 is 4.90 Å². The number of methoxy groups -OCH3 is 1. The van der Waals surface area contributed by atoms with Crippen molar-refractivity contribution in [2.75, 3.05) is 25.1 Å². The fourth-order valence-electron chi connectivity index (χ4n) is 4.53. The molecule has 28 heavy (non-hydrogen) atoms. The summed E-state index contributed by atoms with van der Waals surface area (Å²) in [7, 11) is 1.56. The summed E-state index contributed by atoms with van der Waals surface area (Å²) >= 11 is 0. The number of benzene rings is 2. The summed E-state index contributed by atoms with van der Waals surface area (Å²) in [5.74, 6) is -0.469. The minimum absolute atomic E-state index is 0.114. The normalized spacial score (nSPS) is 21.4. The Morgan fingerprint density at radius 2 is 1.96 bits per heavy atom. The predicted octanol–water partition coefficient (Wildman–Crippen LogP) is 3.09. The second-order valence-electron chi connectivity index (χ2n) is 7.42. The SMILES string of the molecule is COC1C(=O)N(c2cccc(F)c2)C12CCN(Cc1ccccc1C#N)CC2. The van der Waals surface area contributed by atoms with Crippen molar-refractivity contribution in [3.8, 4) is 6.07 Å². The van der Waals surface area contributed by atoms with E-state index in [0.717, 1.165) is 31.5 Å². The minimum atomic E-state index is -0.496. The molecular weight excluding hydrogens is 357 g/mol. The Kier molecular flexibility index (Phi) is 4.88. The highest BCUT2D eigenvalue weighted by molar-refractivity contribution is 6.06. The van der Waals surface area contributed by atoms with E-state index in [-0.39, 0.29) is 11.7 Å². The number of amides is 1. The summed E-state index contributed by atoms with van der Waals surface area (Å²) < 4.78 is 19.2. The van der Waals surface area contributed by atoms with Crippen molar-refractivity contribution in [1.29, 1.82) is 5.26 Å². The Hall–Kier alpha value is -2.75. The van der Waals surface area contributed by atoms with Gasteiger partial charge in [0, 0.05) is 32.4 Å². The Labute approximate surface area is 163 Å². The highest BCUT2D eigenvalue weighted by Crippen LogP contribution is 2.45. The molecule has 0 radical (unpaired) electrons. The van der Waals surface area contributed by atoms with Gasteiger partial charge in [0.2, 0.25) is 0 Å². The quantitative estimate of drug-likeness (QED) is 0.766. The first-order valence-electron chi connectivity index (χ1n) is 9.42. The molecule has 2 aromatic carbocycles. The van der Waals surface area contributed by atoms with E-state index >= 15 is 0 Å². The van der Waals surface area contributed by atoms with Crippen molar-refractivity contribution >= 4 is 11.6 Å². The number of hydrogen-bond donors (Lipinski definition) is 0. The van der Waals surface area contributed by atoms with Crippen molar-refractivity contribution in [2.24, 2.45) is 0 Å². The average Bonchev–Trinajstić information content (AvgIpc) is 2.70. The molecule has 2 aliphatic heterocycles. The van der Waals surface area contributed by atoms with Gasteiger partial charge < -0.3 is 9.64 Å². The number of β-lactam (4-membered cyclic amide) rings is 1. The fraction of sp³-hybridized carbons (Fsp3) is 0.364. The standard InChI is InChI=1S/C22H22FN3O2/c1-28-20-21(27)26(19-8-4-7-18(23)13-19)22(20)9-11-25(12-10-22)15-17-6-3-2-5-16(17)14-24/h2-8,13,20H,9-12,15H2,1H3. The molecule has 2 fully saturated rings. The van der Waals surface area contributed by atoms with Crippen molar-refractivity contribution in [3.63, 3.8) is 0 Å². The molecular formula is C22H22FN3O2. The number of nitrogens with zero attached hydrogens (tertiary/aromatic N) is 3. The van der Waals surface area contributed by atoms with Gasteiger partial charge in [0.1, 0.15) is 5.82 Å². The van der Waals surface area contributed by atoms with Crippen LogP contribution in [0.1, 0.15) is 24.0 Å². The number of likely N-dealkylation sites (tertiary alicyclic amines) is 1. The lowest BCUT2D eigenvalue weighted by Crippen LogP contribution is -2.77. The summed E-state index contributed by atoms with van der Waals surface area (Å²) in [5, 5.41) is 9.30. The van der Waals surface area contributed by atoms with Crippen LogP contribution in [0.4, 0.5) is 10.1 Å². The van der Waals surface area contributed by atoms with E-state index in [0.29, 0.717) is 17.8 Å². The molecule has 0 bridgehead atoms. The maximum absolute atomic E-state index is 13.7. The van der Waals surface area contributed by atoms with Gasteiger partial charge in [0.15, 0.2) is 6.10 Å². The van der Waals surface area contributed by atoms with Gasteiger partial charge in [-0.3, -0.25) is 9.69 Å². The van der Waals surface area contributed by atoms with Crippen LogP contribution in [0, 0.1) is 17.1 Å².